The number of aryl methyl sites for hydroxylation is 1. The molecule has 0 saturated carbocycles. The van der Waals surface area contributed by atoms with Crippen LogP contribution in [0.1, 0.15) is 29.8 Å². The molecule has 25 heavy (non-hydrogen) atoms. The molecule has 132 valence electrons. The van der Waals surface area contributed by atoms with Crippen molar-refractivity contribution in [2.24, 2.45) is 5.10 Å². The lowest BCUT2D eigenvalue weighted by molar-refractivity contribution is -0.384. The van der Waals surface area contributed by atoms with Crippen molar-refractivity contribution in [1.29, 1.82) is 0 Å². The van der Waals surface area contributed by atoms with Gasteiger partial charge in [0.15, 0.2) is 0 Å². The van der Waals surface area contributed by atoms with E-state index < -0.39 is 4.92 Å². The molecule has 7 nitrogen and oxygen atoms in total. The van der Waals surface area contributed by atoms with Crippen LogP contribution in [0.25, 0.3) is 0 Å². The van der Waals surface area contributed by atoms with Gasteiger partial charge in [-0.3, -0.25) is 15.5 Å². The Kier molecular flexibility index (Phi) is 5.14. The minimum absolute atomic E-state index is 0.0370. The fourth-order valence-electron chi connectivity index (χ4n) is 3.10. The number of hydrogen-bond donors (Lipinski definition) is 1. The highest BCUT2D eigenvalue weighted by Gasteiger charge is 2.18. The molecule has 1 N–H and O–H groups in total. The van der Waals surface area contributed by atoms with Gasteiger partial charge in [-0.25, -0.2) is 0 Å². The topological polar surface area (TPSA) is 81.7 Å². The number of nitrogens with one attached hydrogen (secondary N) is 1. The number of nitro groups is 1. The van der Waals surface area contributed by atoms with Gasteiger partial charge in [0.05, 0.1) is 22.9 Å². The number of non-ortho nitro benzene ring substituents is 1. The molecular weight excluding hydrogens is 320 g/mol. The number of anilines is 1. The van der Waals surface area contributed by atoms with E-state index in [-0.39, 0.29) is 11.8 Å². The van der Waals surface area contributed by atoms with E-state index in [1.54, 1.807) is 18.3 Å². The van der Waals surface area contributed by atoms with E-state index in [2.05, 4.69) is 35.0 Å². The summed E-state index contributed by atoms with van der Waals surface area (Å²) in [6.45, 7) is 5.86. The molecule has 1 atom stereocenters. The van der Waals surface area contributed by atoms with Crippen LogP contribution in [0.5, 0.6) is 0 Å². The molecule has 1 aliphatic rings. The fourth-order valence-corrected chi connectivity index (χ4v) is 3.10. The quantitative estimate of drug-likeness (QED) is 0.494. The Morgan fingerprint density at radius 3 is 3.00 bits per heavy atom. The van der Waals surface area contributed by atoms with Crippen LogP contribution in [-0.2, 0) is 11.3 Å². The number of ether oxygens (including phenoxy) is 1. The second-order valence-corrected chi connectivity index (χ2v) is 6.25. The van der Waals surface area contributed by atoms with E-state index in [4.69, 9.17) is 4.74 Å². The zero-order chi connectivity index (χ0) is 17.8. The summed E-state index contributed by atoms with van der Waals surface area (Å²) in [7, 11) is 0. The molecule has 2 heterocycles. The van der Waals surface area contributed by atoms with Crippen molar-refractivity contribution >= 4 is 17.6 Å². The SMILES string of the molecule is Cc1cc(/C=N\Nc2cccc([N+](=O)[O-])c2)c(C)n1C[C@@H]1CCCO1. The summed E-state index contributed by atoms with van der Waals surface area (Å²) in [6.07, 6.45) is 4.27. The molecule has 1 aliphatic heterocycles. The zero-order valence-electron chi connectivity index (χ0n) is 14.4. The molecule has 1 saturated heterocycles. The Hall–Kier alpha value is -2.67. The second-order valence-electron chi connectivity index (χ2n) is 6.25. The van der Waals surface area contributed by atoms with Crippen molar-refractivity contribution in [2.45, 2.75) is 39.3 Å². The van der Waals surface area contributed by atoms with Crippen molar-refractivity contribution in [3.8, 4) is 0 Å². The van der Waals surface area contributed by atoms with E-state index in [0.29, 0.717) is 5.69 Å². The monoisotopic (exact) mass is 342 g/mol. The van der Waals surface area contributed by atoms with Crippen LogP contribution in [0.3, 0.4) is 0 Å². The maximum Gasteiger partial charge on any atom is 0.271 e. The number of hydrogen-bond acceptors (Lipinski definition) is 5. The van der Waals surface area contributed by atoms with Crippen molar-refractivity contribution in [3.05, 3.63) is 57.4 Å². The Balaban J connectivity index is 1.69. The predicted octanol–water partition coefficient (Wildman–Crippen LogP) is 3.64. The van der Waals surface area contributed by atoms with E-state index in [9.17, 15) is 10.1 Å². The van der Waals surface area contributed by atoms with Gasteiger partial charge in [-0.2, -0.15) is 5.10 Å². The lowest BCUT2D eigenvalue weighted by atomic mass is 10.2. The minimum Gasteiger partial charge on any atom is -0.376 e. The minimum atomic E-state index is -0.423. The first-order chi connectivity index (χ1) is 12.0. The molecule has 0 unspecified atom stereocenters. The molecule has 0 spiro atoms. The van der Waals surface area contributed by atoms with Gasteiger partial charge < -0.3 is 9.30 Å². The van der Waals surface area contributed by atoms with Crippen LogP contribution in [0, 0.1) is 24.0 Å². The van der Waals surface area contributed by atoms with Gasteiger partial charge in [0, 0.05) is 42.2 Å². The number of nitro benzene ring substituents is 1. The van der Waals surface area contributed by atoms with Crippen LogP contribution in [-0.4, -0.2) is 28.4 Å². The zero-order valence-corrected chi connectivity index (χ0v) is 14.4. The fraction of sp³-hybridized carbons (Fsp3) is 0.389. The maximum absolute atomic E-state index is 10.8. The summed E-state index contributed by atoms with van der Waals surface area (Å²) in [5.74, 6) is 0. The molecule has 0 bridgehead atoms. The Morgan fingerprint density at radius 1 is 1.44 bits per heavy atom. The summed E-state index contributed by atoms with van der Waals surface area (Å²) in [4.78, 5) is 10.4. The lowest BCUT2D eigenvalue weighted by Crippen LogP contribution is -2.16. The average molecular weight is 342 g/mol. The first kappa shape index (κ1) is 17.2. The normalized spacial score (nSPS) is 17.3. The highest BCUT2D eigenvalue weighted by Crippen LogP contribution is 2.20. The summed E-state index contributed by atoms with van der Waals surface area (Å²) < 4.78 is 7.98. The Morgan fingerprint density at radius 2 is 2.28 bits per heavy atom. The standard InChI is InChI=1S/C18H22N4O3/c1-13-9-15(14(2)21(13)12-18-7-4-8-25-18)11-19-20-16-5-3-6-17(10-16)22(23)24/h3,5-6,9-11,18,20H,4,7-8,12H2,1-2H3/b19-11-/t18-/m0/s1. The second kappa shape index (κ2) is 7.48. The Bertz CT molecular complexity index is 792. The van der Waals surface area contributed by atoms with Gasteiger partial charge in [-0.05, 0) is 38.8 Å². The summed E-state index contributed by atoms with van der Waals surface area (Å²) in [5.41, 5.74) is 6.80. The molecule has 7 heteroatoms. The van der Waals surface area contributed by atoms with Gasteiger partial charge >= 0.3 is 0 Å². The number of aromatic nitrogens is 1. The van der Waals surface area contributed by atoms with Crippen LogP contribution >= 0.6 is 0 Å². The summed E-state index contributed by atoms with van der Waals surface area (Å²) in [6, 6.07) is 8.36. The van der Waals surface area contributed by atoms with Crippen molar-refractivity contribution in [1.82, 2.24) is 4.57 Å². The first-order valence-electron chi connectivity index (χ1n) is 8.36. The van der Waals surface area contributed by atoms with Gasteiger partial charge in [-0.1, -0.05) is 6.07 Å². The molecule has 2 aromatic rings. The summed E-state index contributed by atoms with van der Waals surface area (Å²) >= 11 is 0. The largest absolute Gasteiger partial charge is 0.376 e. The molecule has 0 radical (unpaired) electrons. The van der Waals surface area contributed by atoms with Crippen molar-refractivity contribution in [2.75, 3.05) is 12.0 Å². The van der Waals surface area contributed by atoms with Gasteiger partial charge in [0.2, 0.25) is 0 Å². The van der Waals surface area contributed by atoms with Crippen molar-refractivity contribution < 1.29 is 9.66 Å². The van der Waals surface area contributed by atoms with Crippen LogP contribution < -0.4 is 5.43 Å². The molecule has 1 aromatic heterocycles. The highest BCUT2D eigenvalue weighted by atomic mass is 16.6. The van der Waals surface area contributed by atoms with Gasteiger partial charge in [0.1, 0.15) is 0 Å². The molecule has 0 amide bonds. The molecule has 1 aromatic carbocycles. The van der Waals surface area contributed by atoms with E-state index in [1.807, 2.05) is 0 Å². The molecular formula is C18H22N4O3. The van der Waals surface area contributed by atoms with Crippen LogP contribution in [0.4, 0.5) is 11.4 Å². The van der Waals surface area contributed by atoms with E-state index in [1.165, 1.54) is 17.8 Å². The number of hydrazone groups is 1. The van der Waals surface area contributed by atoms with E-state index in [0.717, 1.165) is 37.3 Å². The number of nitrogens with zero attached hydrogens (tertiary/aromatic N) is 3. The van der Waals surface area contributed by atoms with Crippen LogP contribution in [0.15, 0.2) is 35.4 Å². The predicted molar refractivity (Wildman–Crippen MR) is 97.2 cm³/mol. The molecule has 0 aliphatic carbocycles. The lowest BCUT2D eigenvalue weighted by Gasteiger charge is -2.14. The van der Waals surface area contributed by atoms with Crippen LogP contribution in [0.2, 0.25) is 0 Å². The highest BCUT2D eigenvalue weighted by molar-refractivity contribution is 5.82. The molecule has 3 rings (SSSR count). The molecule has 1 fully saturated rings. The first-order valence-corrected chi connectivity index (χ1v) is 8.36. The van der Waals surface area contributed by atoms with E-state index >= 15 is 0 Å². The Labute approximate surface area is 146 Å². The van der Waals surface area contributed by atoms with Gasteiger partial charge in [0.25, 0.3) is 5.69 Å². The third kappa shape index (κ3) is 4.06. The maximum atomic E-state index is 10.8. The van der Waals surface area contributed by atoms with Gasteiger partial charge in [-0.15, -0.1) is 0 Å². The number of benzene rings is 1. The average Bonchev–Trinajstić information content (AvgIpc) is 3.19. The smallest absolute Gasteiger partial charge is 0.271 e. The van der Waals surface area contributed by atoms with Crippen molar-refractivity contribution in [3.63, 3.8) is 0 Å². The third-order valence-electron chi connectivity index (χ3n) is 4.48. The third-order valence-corrected chi connectivity index (χ3v) is 4.48. The summed E-state index contributed by atoms with van der Waals surface area (Å²) in [5, 5.41) is 15.0. The number of rotatable bonds is 6.